The molecule has 0 unspecified atom stereocenters. The molecule has 4 nitrogen and oxygen atoms in total. The van der Waals surface area contributed by atoms with Crippen LogP contribution in [0.5, 0.6) is 5.75 Å². The second-order valence-electron chi connectivity index (χ2n) is 4.00. The van der Waals surface area contributed by atoms with Crippen LogP contribution in [-0.2, 0) is 0 Å². The van der Waals surface area contributed by atoms with E-state index in [9.17, 15) is 4.79 Å². The molecule has 0 aliphatic heterocycles. The maximum absolute atomic E-state index is 11.7. The zero-order valence-electron chi connectivity index (χ0n) is 10.5. The van der Waals surface area contributed by atoms with Gasteiger partial charge in [-0.15, -0.1) is 6.58 Å². The van der Waals surface area contributed by atoms with Crippen LogP contribution in [0, 0.1) is 0 Å². The van der Waals surface area contributed by atoms with Gasteiger partial charge in [0.1, 0.15) is 12.4 Å². The molecule has 0 radical (unpaired) electrons. The van der Waals surface area contributed by atoms with E-state index >= 15 is 0 Å². The first-order valence-electron chi connectivity index (χ1n) is 5.60. The third kappa shape index (κ3) is 3.97. The van der Waals surface area contributed by atoms with Crippen molar-refractivity contribution in [1.29, 1.82) is 0 Å². The maximum Gasteiger partial charge on any atom is 0.251 e. The van der Waals surface area contributed by atoms with E-state index in [0.29, 0.717) is 30.2 Å². The first-order valence-corrected chi connectivity index (χ1v) is 5.60. The van der Waals surface area contributed by atoms with Crippen LogP contribution in [0.3, 0.4) is 0 Å². The summed E-state index contributed by atoms with van der Waals surface area (Å²) in [6.45, 7) is 9.97. The number of nitrogens with one attached hydrogen (secondary N) is 1. The average molecular weight is 246 g/mol. The lowest BCUT2D eigenvalue weighted by atomic mass is 10.1. The smallest absolute Gasteiger partial charge is 0.251 e. The standard InChI is InChI=1S/C14H18N2O2/c1-4-7-16-14(17)11-5-6-13(12(15)8-11)18-9-10(2)3/h4-6,8H,1-2,7,9,15H2,3H3,(H,16,17). The van der Waals surface area contributed by atoms with Crippen molar-refractivity contribution in [3.63, 3.8) is 0 Å². The van der Waals surface area contributed by atoms with Gasteiger partial charge in [0.05, 0.1) is 5.69 Å². The normalized spacial score (nSPS) is 9.61. The van der Waals surface area contributed by atoms with Gasteiger partial charge in [0.25, 0.3) is 5.91 Å². The molecule has 0 aliphatic rings. The lowest BCUT2D eigenvalue weighted by Crippen LogP contribution is -2.23. The molecule has 0 saturated carbocycles. The SMILES string of the molecule is C=CCNC(=O)c1ccc(OCC(=C)C)c(N)c1. The zero-order chi connectivity index (χ0) is 13.5. The monoisotopic (exact) mass is 246 g/mol. The van der Waals surface area contributed by atoms with Gasteiger partial charge >= 0.3 is 0 Å². The van der Waals surface area contributed by atoms with Crippen molar-refractivity contribution in [3.8, 4) is 5.75 Å². The summed E-state index contributed by atoms with van der Waals surface area (Å²) in [5, 5.41) is 2.68. The van der Waals surface area contributed by atoms with Crippen LogP contribution in [0.2, 0.25) is 0 Å². The van der Waals surface area contributed by atoms with Crippen LogP contribution >= 0.6 is 0 Å². The topological polar surface area (TPSA) is 64.3 Å². The Morgan fingerprint density at radius 1 is 1.56 bits per heavy atom. The van der Waals surface area contributed by atoms with Gasteiger partial charge in [-0.2, -0.15) is 0 Å². The Hall–Kier alpha value is -2.23. The van der Waals surface area contributed by atoms with Crippen molar-refractivity contribution in [2.24, 2.45) is 0 Å². The highest BCUT2D eigenvalue weighted by Gasteiger charge is 2.08. The number of carbonyl (C=O) groups excluding carboxylic acids is 1. The summed E-state index contributed by atoms with van der Waals surface area (Å²) in [7, 11) is 0. The molecule has 3 N–H and O–H groups in total. The van der Waals surface area contributed by atoms with E-state index in [-0.39, 0.29) is 5.91 Å². The van der Waals surface area contributed by atoms with E-state index in [4.69, 9.17) is 10.5 Å². The first-order chi connectivity index (χ1) is 8.54. The molecule has 18 heavy (non-hydrogen) atoms. The summed E-state index contributed by atoms with van der Waals surface area (Å²) in [4.78, 5) is 11.7. The molecule has 0 aliphatic carbocycles. The van der Waals surface area contributed by atoms with Crippen molar-refractivity contribution < 1.29 is 9.53 Å². The van der Waals surface area contributed by atoms with Crippen molar-refractivity contribution in [2.75, 3.05) is 18.9 Å². The second-order valence-corrected chi connectivity index (χ2v) is 4.00. The third-order valence-corrected chi connectivity index (χ3v) is 2.15. The minimum Gasteiger partial charge on any atom is -0.487 e. The van der Waals surface area contributed by atoms with Gasteiger partial charge in [0.15, 0.2) is 0 Å². The molecule has 1 aromatic rings. The van der Waals surface area contributed by atoms with Crippen LogP contribution in [-0.4, -0.2) is 19.1 Å². The molecule has 1 aromatic carbocycles. The lowest BCUT2D eigenvalue weighted by Gasteiger charge is -2.10. The highest BCUT2D eigenvalue weighted by molar-refractivity contribution is 5.95. The van der Waals surface area contributed by atoms with E-state index in [1.54, 1.807) is 24.3 Å². The van der Waals surface area contributed by atoms with Gasteiger partial charge in [0, 0.05) is 12.1 Å². The van der Waals surface area contributed by atoms with Crippen LogP contribution in [0.4, 0.5) is 5.69 Å². The minimum atomic E-state index is -0.187. The number of nitrogens with two attached hydrogens (primary N) is 1. The number of hydrogen-bond donors (Lipinski definition) is 2. The minimum absolute atomic E-state index is 0.187. The number of hydrogen-bond acceptors (Lipinski definition) is 3. The number of amides is 1. The van der Waals surface area contributed by atoms with E-state index in [2.05, 4.69) is 18.5 Å². The molecule has 0 fully saturated rings. The molecule has 0 bridgehead atoms. The maximum atomic E-state index is 11.7. The Bertz CT molecular complexity index is 467. The number of carbonyl (C=O) groups is 1. The van der Waals surface area contributed by atoms with Crippen LogP contribution in [0.15, 0.2) is 43.0 Å². The molecule has 0 heterocycles. The average Bonchev–Trinajstić information content (AvgIpc) is 2.34. The predicted molar refractivity (Wildman–Crippen MR) is 73.7 cm³/mol. The lowest BCUT2D eigenvalue weighted by molar-refractivity contribution is 0.0958. The Labute approximate surface area is 107 Å². The fourth-order valence-corrected chi connectivity index (χ4v) is 1.29. The van der Waals surface area contributed by atoms with E-state index in [0.717, 1.165) is 5.57 Å². The number of anilines is 1. The molecule has 1 rings (SSSR count). The number of nitrogen functional groups attached to an aromatic ring is 1. The summed E-state index contributed by atoms with van der Waals surface area (Å²) in [5.74, 6) is 0.367. The summed E-state index contributed by atoms with van der Waals surface area (Å²) >= 11 is 0. The molecule has 0 atom stereocenters. The van der Waals surface area contributed by atoms with Gasteiger partial charge < -0.3 is 15.8 Å². The Morgan fingerprint density at radius 2 is 2.28 bits per heavy atom. The molecule has 0 spiro atoms. The number of rotatable bonds is 6. The summed E-state index contributed by atoms with van der Waals surface area (Å²) in [6, 6.07) is 4.94. The Kier molecular flexibility index (Phi) is 4.99. The van der Waals surface area contributed by atoms with Crippen LogP contribution in [0.1, 0.15) is 17.3 Å². The summed E-state index contributed by atoms with van der Waals surface area (Å²) in [5.41, 5.74) is 7.65. The molecule has 4 heteroatoms. The van der Waals surface area contributed by atoms with Gasteiger partial charge in [0.2, 0.25) is 0 Å². The van der Waals surface area contributed by atoms with E-state index in [1.807, 2.05) is 6.92 Å². The molecule has 0 saturated heterocycles. The third-order valence-electron chi connectivity index (χ3n) is 2.15. The summed E-state index contributed by atoms with van der Waals surface area (Å²) in [6.07, 6.45) is 1.62. The number of benzene rings is 1. The molecule has 1 amide bonds. The largest absolute Gasteiger partial charge is 0.487 e. The Morgan fingerprint density at radius 3 is 2.83 bits per heavy atom. The van der Waals surface area contributed by atoms with Crippen molar-refractivity contribution in [1.82, 2.24) is 5.32 Å². The molecule has 0 aromatic heterocycles. The fraction of sp³-hybridized carbons (Fsp3) is 0.214. The quantitative estimate of drug-likeness (QED) is 0.597. The van der Waals surface area contributed by atoms with Gasteiger partial charge in [-0.25, -0.2) is 0 Å². The van der Waals surface area contributed by atoms with Crippen molar-refractivity contribution in [3.05, 3.63) is 48.6 Å². The van der Waals surface area contributed by atoms with E-state index < -0.39 is 0 Å². The highest BCUT2D eigenvalue weighted by Crippen LogP contribution is 2.22. The first kappa shape index (κ1) is 13.8. The van der Waals surface area contributed by atoms with Crippen LogP contribution < -0.4 is 15.8 Å². The van der Waals surface area contributed by atoms with Crippen LogP contribution in [0.25, 0.3) is 0 Å². The Balaban J connectivity index is 2.75. The predicted octanol–water partition coefficient (Wildman–Crippen LogP) is 2.14. The van der Waals surface area contributed by atoms with Crippen molar-refractivity contribution >= 4 is 11.6 Å². The van der Waals surface area contributed by atoms with Gasteiger partial charge in [-0.3, -0.25) is 4.79 Å². The van der Waals surface area contributed by atoms with Gasteiger partial charge in [-0.05, 0) is 30.7 Å². The highest BCUT2D eigenvalue weighted by atomic mass is 16.5. The molecular weight excluding hydrogens is 228 g/mol. The fourth-order valence-electron chi connectivity index (χ4n) is 1.29. The molecular formula is C14H18N2O2. The zero-order valence-corrected chi connectivity index (χ0v) is 10.5. The van der Waals surface area contributed by atoms with Gasteiger partial charge in [-0.1, -0.05) is 12.7 Å². The van der Waals surface area contributed by atoms with Crippen molar-refractivity contribution in [2.45, 2.75) is 6.92 Å². The second kappa shape index (κ2) is 6.49. The number of ether oxygens (including phenoxy) is 1. The molecule has 96 valence electrons. The summed E-state index contributed by atoms with van der Waals surface area (Å²) < 4.78 is 5.44. The van der Waals surface area contributed by atoms with E-state index in [1.165, 1.54) is 0 Å².